The fourth-order valence-electron chi connectivity index (χ4n) is 5.64. The Hall–Kier alpha value is -5.11. The van der Waals surface area contributed by atoms with Crippen LogP contribution in [-0.4, -0.2) is 72.7 Å². The highest BCUT2D eigenvalue weighted by Crippen LogP contribution is 2.25. The van der Waals surface area contributed by atoms with Gasteiger partial charge in [0.05, 0.1) is 19.2 Å². The van der Waals surface area contributed by atoms with Gasteiger partial charge in [-0.3, -0.25) is 14.4 Å². The van der Waals surface area contributed by atoms with Crippen molar-refractivity contribution in [2.45, 2.75) is 45.1 Å². The van der Waals surface area contributed by atoms with Crippen molar-refractivity contribution in [1.82, 2.24) is 15.1 Å². The molecule has 0 aliphatic carbocycles. The van der Waals surface area contributed by atoms with E-state index in [-0.39, 0.29) is 40.9 Å². The first kappa shape index (κ1) is 30.4. The Balaban J connectivity index is 1.49. The second-order valence-electron chi connectivity index (χ2n) is 11.0. The minimum atomic E-state index is -0.788. The molecule has 2 amide bonds. The largest absolute Gasteiger partial charge is 0.465 e. The molecule has 0 unspecified atom stereocenters. The third-order valence-corrected chi connectivity index (χ3v) is 7.93. The highest BCUT2D eigenvalue weighted by atomic mass is 16.5. The zero-order valence-corrected chi connectivity index (χ0v) is 24.9. The number of nitrogens with zero attached hydrogens (tertiary/aromatic N) is 3. The first-order valence-corrected chi connectivity index (χ1v) is 14.7. The predicted molar refractivity (Wildman–Crippen MR) is 162 cm³/mol. The Morgan fingerprint density at radius 2 is 1.77 bits per heavy atom. The van der Waals surface area contributed by atoms with Gasteiger partial charge in [0.15, 0.2) is 0 Å². The number of allylic oxidation sites excluding steroid dienone is 1. The number of ether oxygens (including phenoxy) is 1. The molecule has 2 saturated heterocycles. The minimum absolute atomic E-state index is 0.00957. The van der Waals surface area contributed by atoms with Gasteiger partial charge in [-0.2, -0.15) is 5.26 Å². The van der Waals surface area contributed by atoms with Gasteiger partial charge >= 0.3 is 5.97 Å². The van der Waals surface area contributed by atoms with Crippen LogP contribution in [0.4, 0.5) is 5.69 Å². The third-order valence-electron chi connectivity index (χ3n) is 7.93. The Morgan fingerprint density at radius 1 is 1.02 bits per heavy atom. The molecular weight excluding hydrogens is 562 g/mol. The summed E-state index contributed by atoms with van der Waals surface area (Å²) >= 11 is 0. The van der Waals surface area contributed by atoms with Crippen LogP contribution in [0.15, 0.2) is 64.3 Å². The molecule has 0 spiro atoms. The summed E-state index contributed by atoms with van der Waals surface area (Å²) in [5.74, 6) is -0.825. The van der Waals surface area contributed by atoms with Crippen molar-refractivity contribution in [2.24, 2.45) is 0 Å². The second-order valence-corrected chi connectivity index (χ2v) is 11.0. The van der Waals surface area contributed by atoms with E-state index in [2.05, 4.69) is 10.6 Å². The number of fused-ring (bicyclic) bond motifs is 1. The number of amides is 2. The number of anilines is 1. The number of hydrogen-bond donors (Lipinski definition) is 2. The molecule has 3 aromatic rings. The highest BCUT2D eigenvalue weighted by molar-refractivity contribution is 6.13. The summed E-state index contributed by atoms with van der Waals surface area (Å²) in [6.45, 7) is 3.68. The SMILES string of the molecule is COC(=O)c1cccc(C(=O)/C(C#N)=C(\Nc2ccc3oc(C)cc3c2)N[C@H]2CCCCN(CC(=O)N3CCCC3)C2=O)c1. The van der Waals surface area contributed by atoms with E-state index in [1.807, 2.05) is 25.1 Å². The van der Waals surface area contributed by atoms with Crippen LogP contribution in [0.2, 0.25) is 0 Å². The number of likely N-dealkylation sites (tertiary alicyclic amines) is 2. The summed E-state index contributed by atoms with van der Waals surface area (Å²) < 4.78 is 10.5. The molecule has 228 valence electrons. The molecule has 11 heteroatoms. The fraction of sp³-hybridized carbons (Fsp3) is 0.364. The topological polar surface area (TPSA) is 145 Å². The van der Waals surface area contributed by atoms with Gasteiger partial charge in [-0.05, 0) is 75.4 Å². The van der Waals surface area contributed by atoms with E-state index < -0.39 is 17.8 Å². The number of carbonyl (C=O) groups is 4. The maximum atomic E-state index is 13.8. The van der Waals surface area contributed by atoms with Crippen LogP contribution in [0.1, 0.15) is 58.6 Å². The molecular formula is C33H35N5O6. The van der Waals surface area contributed by atoms with Crippen molar-refractivity contribution >= 4 is 40.2 Å². The number of furan rings is 1. The van der Waals surface area contributed by atoms with Crippen molar-refractivity contribution in [1.29, 1.82) is 5.26 Å². The third kappa shape index (κ3) is 6.75. The lowest BCUT2D eigenvalue weighted by molar-refractivity contribution is -0.140. The molecule has 2 N–H and O–H groups in total. The van der Waals surface area contributed by atoms with Crippen molar-refractivity contribution in [3.05, 3.63) is 76.8 Å². The molecule has 2 fully saturated rings. The summed E-state index contributed by atoms with van der Waals surface area (Å²) in [5.41, 5.74) is 1.24. The first-order valence-electron chi connectivity index (χ1n) is 14.7. The second kappa shape index (κ2) is 13.5. The number of nitriles is 1. The van der Waals surface area contributed by atoms with Gasteiger partial charge in [0, 0.05) is 36.3 Å². The van der Waals surface area contributed by atoms with Gasteiger partial charge in [0.25, 0.3) is 0 Å². The van der Waals surface area contributed by atoms with Crippen molar-refractivity contribution in [3.63, 3.8) is 0 Å². The number of ketones is 1. The van der Waals surface area contributed by atoms with Crippen LogP contribution >= 0.6 is 0 Å². The highest BCUT2D eigenvalue weighted by Gasteiger charge is 2.32. The number of hydrogen-bond acceptors (Lipinski definition) is 9. The summed E-state index contributed by atoms with van der Waals surface area (Å²) in [5, 5.41) is 17.4. The number of Topliss-reactive ketones (excluding diaryl/α,β-unsaturated/α-hetero) is 1. The normalized spacial score (nSPS) is 17.5. The van der Waals surface area contributed by atoms with Crippen LogP contribution in [0.5, 0.6) is 0 Å². The molecule has 5 rings (SSSR count). The number of benzene rings is 2. The Kier molecular flexibility index (Phi) is 9.29. The summed E-state index contributed by atoms with van der Waals surface area (Å²) in [6.07, 6.45) is 3.80. The van der Waals surface area contributed by atoms with Gasteiger partial charge < -0.3 is 29.6 Å². The van der Waals surface area contributed by atoms with Crippen LogP contribution in [0.3, 0.4) is 0 Å². The van der Waals surface area contributed by atoms with E-state index in [1.165, 1.54) is 31.4 Å². The molecule has 1 aromatic heterocycles. The van der Waals surface area contributed by atoms with Crippen LogP contribution in [0, 0.1) is 18.3 Å². The first-order chi connectivity index (χ1) is 21.3. The molecule has 2 aliphatic rings. The number of esters is 1. The van der Waals surface area contributed by atoms with Crippen LogP contribution in [-0.2, 0) is 14.3 Å². The quantitative estimate of drug-likeness (QED) is 0.161. The summed E-state index contributed by atoms with van der Waals surface area (Å²) in [6, 6.07) is 14.4. The maximum Gasteiger partial charge on any atom is 0.337 e. The standard InChI is InChI=1S/C33H35N5O6/c1-21-16-24-18-25(11-12-28(24)44-21)35-31(26(19-34)30(40)22-8-7-9-23(17-22)33(42)43-2)36-27-10-3-4-15-38(32(27)41)20-29(39)37-13-5-6-14-37/h7-9,11-12,16-18,27,35-36H,3-6,10,13-15,20H2,1-2H3/b31-26+/t27-/m0/s1. The number of aryl methyl sites for hydroxylation is 1. The molecule has 0 saturated carbocycles. The van der Waals surface area contributed by atoms with E-state index in [0.29, 0.717) is 43.7 Å². The summed E-state index contributed by atoms with van der Waals surface area (Å²) in [7, 11) is 1.24. The smallest absolute Gasteiger partial charge is 0.337 e. The zero-order valence-electron chi connectivity index (χ0n) is 24.9. The van der Waals surface area contributed by atoms with Crippen LogP contribution in [0.25, 0.3) is 11.0 Å². The van der Waals surface area contributed by atoms with Crippen molar-refractivity contribution < 1.29 is 28.3 Å². The average Bonchev–Trinajstić information content (AvgIpc) is 3.67. The lowest BCUT2D eigenvalue weighted by atomic mass is 10.0. The van der Waals surface area contributed by atoms with Crippen LogP contribution < -0.4 is 10.6 Å². The predicted octanol–water partition coefficient (Wildman–Crippen LogP) is 4.15. The zero-order chi connectivity index (χ0) is 31.2. The fourth-order valence-corrected chi connectivity index (χ4v) is 5.64. The lowest BCUT2D eigenvalue weighted by Crippen LogP contribution is -2.49. The number of carbonyl (C=O) groups excluding carboxylic acids is 4. The van der Waals surface area contributed by atoms with Gasteiger partial charge in [-0.15, -0.1) is 0 Å². The number of rotatable bonds is 9. The maximum absolute atomic E-state index is 13.8. The molecule has 0 radical (unpaired) electrons. The Morgan fingerprint density at radius 3 is 2.52 bits per heavy atom. The molecule has 2 aromatic carbocycles. The van der Waals surface area contributed by atoms with Gasteiger partial charge in [0.2, 0.25) is 17.6 Å². The van der Waals surface area contributed by atoms with Gasteiger partial charge in [0.1, 0.15) is 34.8 Å². The van der Waals surface area contributed by atoms with E-state index in [0.717, 1.165) is 30.4 Å². The van der Waals surface area contributed by atoms with Crippen molar-refractivity contribution in [3.8, 4) is 6.07 Å². The molecule has 0 bridgehead atoms. The van der Waals surface area contributed by atoms with E-state index >= 15 is 0 Å². The van der Waals surface area contributed by atoms with Crippen molar-refractivity contribution in [2.75, 3.05) is 38.6 Å². The Bertz CT molecular complexity index is 1660. The monoisotopic (exact) mass is 597 g/mol. The molecule has 1 atom stereocenters. The number of methoxy groups -OCH3 is 1. The molecule has 3 heterocycles. The molecule has 2 aliphatic heterocycles. The molecule has 44 heavy (non-hydrogen) atoms. The van der Waals surface area contributed by atoms with Gasteiger partial charge in [-0.1, -0.05) is 12.1 Å². The van der Waals surface area contributed by atoms with E-state index in [1.54, 1.807) is 21.9 Å². The van der Waals surface area contributed by atoms with E-state index in [9.17, 15) is 24.4 Å². The Labute approximate surface area is 255 Å². The minimum Gasteiger partial charge on any atom is -0.465 e. The lowest BCUT2D eigenvalue weighted by Gasteiger charge is -2.28. The average molecular weight is 598 g/mol. The van der Waals surface area contributed by atoms with Gasteiger partial charge in [-0.25, -0.2) is 4.79 Å². The van der Waals surface area contributed by atoms with E-state index in [4.69, 9.17) is 9.15 Å². The number of nitrogens with one attached hydrogen (secondary N) is 2. The summed E-state index contributed by atoms with van der Waals surface area (Å²) in [4.78, 5) is 55.9. The molecule has 11 nitrogen and oxygen atoms in total.